The molecule has 0 fully saturated rings. The van der Waals surface area contributed by atoms with Crippen LogP contribution in [-0.4, -0.2) is 26.6 Å². The molecule has 0 amide bonds. The minimum absolute atomic E-state index is 0.0609. The maximum absolute atomic E-state index is 5.88. The van der Waals surface area contributed by atoms with Gasteiger partial charge in [0.1, 0.15) is 5.82 Å². The second-order valence-electron chi connectivity index (χ2n) is 4.21. The summed E-state index contributed by atoms with van der Waals surface area (Å²) in [6.45, 7) is 7.16. The molecule has 4 heteroatoms. The first-order valence-corrected chi connectivity index (χ1v) is 5.99. The van der Waals surface area contributed by atoms with Crippen LogP contribution in [0.1, 0.15) is 19.7 Å². The summed E-state index contributed by atoms with van der Waals surface area (Å²) in [6, 6.07) is 0. The molecule has 0 aliphatic carbocycles. The monoisotopic (exact) mass is 213 g/mol. The van der Waals surface area contributed by atoms with E-state index in [-0.39, 0.29) is 5.54 Å². The smallest absolute Gasteiger partial charge is 0.105 e. The van der Waals surface area contributed by atoms with Crippen molar-refractivity contribution in [3.63, 3.8) is 0 Å². The fourth-order valence-electron chi connectivity index (χ4n) is 1.14. The predicted molar refractivity (Wildman–Crippen MR) is 62.6 cm³/mol. The Morgan fingerprint density at radius 3 is 2.79 bits per heavy atom. The summed E-state index contributed by atoms with van der Waals surface area (Å²) in [5.41, 5.74) is 5.82. The Morgan fingerprint density at radius 2 is 2.29 bits per heavy atom. The molecule has 3 nitrogen and oxygen atoms in total. The van der Waals surface area contributed by atoms with Crippen LogP contribution in [0.2, 0.25) is 0 Å². The SMILES string of the molecule is Cc1nccn1CCSCC(C)(C)N. The average Bonchev–Trinajstić information content (AvgIpc) is 2.44. The van der Waals surface area contributed by atoms with Crippen LogP contribution in [0.15, 0.2) is 12.4 Å². The number of hydrogen-bond donors (Lipinski definition) is 1. The number of nitrogens with zero attached hydrogens (tertiary/aromatic N) is 2. The third-order valence-corrected chi connectivity index (χ3v) is 3.29. The van der Waals surface area contributed by atoms with Gasteiger partial charge in [0, 0.05) is 36.0 Å². The lowest BCUT2D eigenvalue weighted by atomic mass is 10.1. The van der Waals surface area contributed by atoms with Crippen molar-refractivity contribution in [1.82, 2.24) is 9.55 Å². The van der Waals surface area contributed by atoms with E-state index in [9.17, 15) is 0 Å². The van der Waals surface area contributed by atoms with E-state index >= 15 is 0 Å². The third-order valence-electron chi connectivity index (χ3n) is 1.87. The predicted octanol–water partition coefficient (Wildman–Crippen LogP) is 1.66. The first-order chi connectivity index (χ1) is 6.49. The maximum Gasteiger partial charge on any atom is 0.105 e. The van der Waals surface area contributed by atoms with E-state index in [4.69, 9.17) is 5.73 Å². The Balaban J connectivity index is 2.20. The van der Waals surface area contributed by atoms with Gasteiger partial charge >= 0.3 is 0 Å². The third kappa shape index (κ3) is 4.15. The van der Waals surface area contributed by atoms with Crippen LogP contribution in [-0.2, 0) is 6.54 Å². The average molecular weight is 213 g/mol. The summed E-state index contributed by atoms with van der Waals surface area (Å²) < 4.78 is 2.16. The quantitative estimate of drug-likeness (QED) is 0.757. The van der Waals surface area contributed by atoms with Crippen LogP contribution in [0.5, 0.6) is 0 Å². The van der Waals surface area contributed by atoms with E-state index in [0.717, 1.165) is 23.9 Å². The highest BCUT2D eigenvalue weighted by Gasteiger charge is 2.09. The minimum Gasteiger partial charge on any atom is -0.334 e. The Bertz CT molecular complexity index is 275. The van der Waals surface area contributed by atoms with E-state index in [1.54, 1.807) is 0 Å². The molecule has 0 unspecified atom stereocenters. The van der Waals surface area contributed by atoms with Gasteiger partial charge in [-0.05, 0) is 20.8 Å². The van der Waals surface area contributed by atoms with Crippen LogP contribution < -0.4 is 5.73 Å². The number of imidazole rings is 1. The van der Waals surface area contributed by atoms with Gasteiger partial charge in [0.2, 0.25) is 0 Å². The molecule has 1 rings (SSSR count). The largest absolute Gasteiger partial charge is 0.334 e. The van der Waals surface area contributed by atoms with Crippen molar-refractivity contribution in [2.45, 2.75) is 32.9 Å². The minimum atomic E-state index is -0.0609. The summed E-state index contributed by atoms with van der Waals surface area (Å²) in [7, 11) is 0. The molecule has 1 aromatic rings. The molecule has 0 aliphatic rings. The molecule has 0 aliphatic heterocycles. The van der Waals surface area contributed by atoms with E-state index < -0.39 is 0 Å². The molecule has 0 saturated heterocycles. The van der Waals surface area contributed by atoms with Crippen molar-refractivity contribution in [2.24, 2.45) is 5.73 Å². The fourth-order valence-corrected chi connectivity index (χ4v) is 2.13. The van der Waals surface area contributed by atoms with Gasteiger partial charge in [-0.2, -0.15) is 11.8 Å². The molecule has 14 heavy (non-hydrogen) atoms. The van der Waals surface area contributed by atoms with Gasteiger partial charge in [-0.3, -0.25) is 0 Å². The van der Waals surface area contributed by atoms with Crippen molar-refractivity contribution in [1.29, 1.82) is 0 Å². The Morgan fingerprint density at radius 1 is 1.57 bits per heavy atom. The molecule has 0 saturated carbocycles. The van der Waals surface area contributed by atoms with Crippen molar-refractivity contribution >= 4 is 11.8 Å². The molecule has 2 N–H and O–H groups in total. The lowest BCUT2D eigenvalue weighted by Crippen LogP contribution is -2.34. The molecular weight excluding hydrogens is 194 g/mol. The Labute approximate surface area is 90.1 Å². The summed E-state index contributed by atoms with van der Waals surface area (Å²) in [6.07, 6.45) is 3.86. The lowest BCUT2D eigenvalue weighted by molar-refractivity contribution is 0.590. The molecule has 1 heterocycles. The highest BCUT2D eigenvalue weighted by molar-refractivity contribution is 7.99. The molecule has 0 spiro atoms. The van der Waals surface area contributed by atoms with Crippen molar-refractivity contribution in [3.8, 4) is 0 Å². The zero-order chi connectivity index (χ0) is 10.6. The molecule has 0 bridgehead atoms. The van der Waals surface area contributed by atoms with Crippen LogP contribution in [0.4, 0.5) is 0 Å². The number of thioether (sulfide) groups is 1. The summed E-state index contributed by atoms with van der Waals surface area (Å²) in [5.74, 6) is 3.18. The summed E-state index contributed by atoms with van der Waals surface area (Å²) in [5, 5.41) is 0. The Hall–Kier alpha value is -0.480. The molecule has 0 aromatic carbocycles. The Kier molecular flexibility index (Phi) is 4.01. The van der Waals surface area contributed by atoms with E-state index in [2.05, 4.69) is 23.4 Å². The van der Waals surface area contributed by atoms with Gasteiger partial charge in [0.05, 0.1) is 0 Å². The van der Waals surface area contributed by atoms with E-state index in [1.807, 2.05) is 31.1 Å². The van der Waals surface area contributed by atoms with Crippen molar-refractivity contribution < 1.29 is 0 Å². The number of rotatable bonds is 5. The van der Waals surface area contributed by atoms with Gasteiger partial charge < -0.3 is 10.3 Å². The molecule has 1 aromatic heterocycles. The topological polar surface area (TPSA) is 43.8 Å². The highest BCUT2D eigenvalue weighted by atomic mass is 32.2. The molecule has 0 atom stereocenters. The number of nitrogens with two attached hydrogens (primary N) is 1. The standard InChI is InChI=1S/C10H19N3S/c1-9-12-4-5-13(9)6-7-14-8-10(2,3)11/h4-5H,6-8,11H2,1-3H3. The second kappa shape index (κ2) is 4.84. The van der Waals surface area contributed by atoms with Crippen molar-refractivity contribution in [3.05, 3.63) is 18.2 Å². The number of aromatic nitrogens is 2. The highest BCUT2D eigenvalue weighted by Crippen LogP contribution is 2.10. The summed E-state index contributed by atoms with van der Waals surface area (Å²) >= 11 is 1.89. The van der Waals surface area contributed by atoms with E-state index in [1.165, 1.54) is 0 Å². The van der Waals surface area contributed by atoms with Gasteiger partial charge in [0.25, 0.3) is 0 Å². The number of aryl methyl sites for hydroxylation is 2. The first kappa shape index (κ1) is 11.6. The normalized spacial score (nSPS) is 12.0. The molecule has 80 valence electrons. The molecule has 0 radical (unpaired) electrons. The van der Waals surface area contributed by atoms with Crippen LogP contribution in [0.25, 0.3) is 0 Å². The van der Waals surface area contributed by atoms with Gasteiger partial charge in [0.15, 0.2) is 0 Å². The zero-order valence-electron chi connectivity index (χ0n) is 9.16. The van der Waals surface area contributed by atoms with Crippen molar-refractivity contribution in [2.75, 3.05) is 11.5 Å². The first-order valence-electron chi connectivity index (χ1n) is 4.83. The van der Waals surface area contributed by atoms with Gasteiger partial charge in [-0.1, -0.05) is 0 Å². The number of hydrogen-bond acceptors (Lipinski definition) is 3. The molecular formula is C10H19N3S. The van der Waals surface area contributed by atoms with Crippen LogP contribution in [0, 0.1) is 6.92 Å². The lowest BCUT2D eigenvalue weighted by Gasteiger charge is -2.17. The summed E-state index contributed by atoms with van der Waals surface area (Å²) in [4.78, 5) is 4.17. The van der Waals surface area contributed by atoms with Gasteiger partial charge in [-0.25, -0.2) is 4.98 Å². The van der Waals surface area contributed by atoms with Crippen LogP contribution in [0.3, 0.4) is 0 Å². The maximum atomic E-state index is 5.88. The zero-order valence-corrected chi connectivity index (χ0v) is 9.97. The van der Waals surface area contributed by atoms with E-state index in [0.29, 0.717) is 0 Å². The van der Waals surface area contributed by atoms with Gasteiger partial charge in [-0.15, -0.1) is 0 Å². The van der Waals surface area contributed by atoms with Crippen LogP contribution >= 0.6 is 11.8 Å². The second-order valence-corrected chi connectivity index (χ2v) is 5.31. The fraction of sp³-hybridized carbons (Fsp3) is 0.700.